The van der Waals surface area contributed by atoms with Gasteiger partial charge in [-0.1, -0.05) is 15.9 Å². The number of nitrogens with zero attached hydrogens (tertiary/aromatic N) is 1. The highest BCUT2D eigenvalue weighted by Crippen LogP contribution is 2.10. The fraction of sp³-hybridized carbons (Fsp3) is 0.471. The maximum Gasteiger partial charge on any atom is 0.251 e. The smallest absolute Gasteiger partial charge is 0.251 e. The van der Waals surface area contributed by atoms with E-state index in [1.54, 1.807) is 24.3 Å². The Hall–Kier alpha value is -1.89. The molecule has 1 saturated heterocycles. The van der Waals surface area contributed by atoms with Crippen molar-refractivity contribution in [2.75, 3.05) is 26.2 Å². The Morgan fingerprint density at radius 2 is 1.88 bits per heavy atom. The molecule has 0 spiro atoms. The molecule has 1 fully saturated rings. The summed E-state index contributed by atoms with van der Waals surface area (Å²) in [5.41, 5.74) is 0.564. The van der Waals surface area contributed by atoms with Crippen LogP contribution < -0.4 is 10.6 Å². The van der Waals surface area contributed by atoms with E-state index in [-0.39, 0.29) is 24.1 Å². The first kappa shape index (κ1) is 18.4. The van der Waals surface area contributed by atoms with E-state index in [1.165, 1.54) is 0 Å². The van der Waals surface area contributed by atoms with Gasteiger partial charge in [-0.15, -0.1) is 0 Å². The SMILES string of the molecule is O=C(CCNC(=O)c1ccc(Br)cc1)NCCCN1CCCC1=O. The third-order valence-corrected chi connectivity index (χ3v) is 4.37. The molecule has 2 rings (SSSR count). The lowest BCUT2D eigenvalue weighted by Gasteiger charge is -2.15. The van der Waals surface area contributed by atoms with Gasteiger partial charge in [0, 0.05) is 49.1 Å². The number of halogens is 1. The van der Waals surface area contributed by atoms with Crippen molar-refractivity contribution in [3.8, 4) is 0 Å². The standard InChI is InChI=1S/C17H22BrN3O3/c18-14-6-4-13(5-7-14)17(24)20-10-8-15(22)19-9-2-12-21-11-1-3-16(21)23/h4-7H,1-3,8-12H2,(H,19,22)(H,20,24). The summed E-state index contributed by atoms with van der Waals surface area (Å²) in [5.74, 6) is -0.0846. The fourth-order valence-corrected chi connectivity index (χ4v) is 2.78. The van der Waals surface area contributed by atoms with Crippen LogP contribution in [-0.2, 0) is 9.59 Å². The number of carbonyl (C=O) groups excluding carboxylic acids is 3. The molecule has 1 aromatic carbocycles. The van der Waals surface area contributed by atoms with Crippen LogP contribution in [0.25, 0.3) is 0 Å². The number of benzene rings is 1. The predicted octanol–water partition coefficient (Wildman–Crippen LogP) is 1.70. The van der Waals surface area contributed by atoms with E-state index in [2.05, 4.69) is 26.6 Å². The van der Waals surface area contributed by atoms with E-state index >= 15 is 0 Å². The minimum Gasteiger partial charge on any atom is -0.356 e. The van der Waals surface area contributed by atoms with Crippen LogP contribution in [0.15, 0.2) is 28.7 Å². The minimum absolute atomic E-state index is 0.0983. The molecule has 1 aliphatic heterocycles. The van der Waals surface area contributed by atoms with Crippen molar-refractivity contribution in [3.63, 3.8) is 0 Å². The first-order chi connectivity index (χ1) is 11.6. The maximum atomic E-state index is 11.9. The van der Waals surface area contributed by atoms with Crippen molar-refractivity contribution < 1.29 is 14.4 Å². The van der Waals surface area contributed by atoms with Crippen molar-refractivity contribution in [2.45, 2.75) is 25.7 Å². The zero-order valence-electron chi connectivity index (χ0n) is 13.5. The van der Waals surface area contributed by atoms with Gasteiger partial charge in [0.15, 0.2) is 0 Å². The van der Waals surface area contributed by atoms with Gasteiger partial charge >= 0.3 is 0 Å². The molecule has 0 unspecified atom stereocenters. The number of hydrogen-bond acceptors (Lipinski definition) is 3. The second-order valence-electron chi connectivity index (χ2n) is 5.70. The van der Waals surface area contributed by atoms with Crippen molar-refractivity contribution in [1.29, 1.82) is 0 Å². The predicted molar refractivity (Wildman–Crippen MR) is 94.5 cm³/mol. The normalized spacial score (nSPS) is 13.9. The van der Waals surface area contributed by atoms with Crippen molar-refractivity contribution in [3.05, 3.63) is 34.3 Å². The average Bonchev–Trinajstić information content (AvgIpc) is 2.97. The molecular formula is C17H22BrN3O3. The van der Waals surface area contributed by atoms with Gasteiger partial charge in [0.1, 0.15) is 0 Å². The Morgan fingerprint density at radius 3 is 2.54 bits per heavy atom. The molecule has 2 N–H and O–H groups in total. The molecule has 0 aliphatic carbocycles. The van der Waals surface area contributed by atoms with Gasteiger partial charge in [-0.25, -0.2) is 0 Å². The lowest BCUT2D eigenvalue weighted by atomic mass is 10.2. The molecule has 1 aromatic rings. The largest absolute Gasteiger partial charge is 0.356 e. The zero-order chi connectivity index (χ0) is 17.4. The molecule has 1 aliphatic rings. The van der Waals surface area contributed by atoms with Crippen LogP contribution in [0.4, 0.5) is 0 Å². The van der Waals surface area contributed by atoms with Gasteiger partial charge in [-0.05, 0) is 37.1 Å². The summed E-state index contributed by atoms with van der Waals surface area (Å²) in [7, 11) is 0. The summed E-state index contributed by atoms with van der Waals surface area (Å²) in [6.45, 7) is 2.36. The molecular weight excluding hydrogens is 374 g/mol. The summed E-state index contributed by atoms with van der Waals surface area (Å²) in [6, 6.07) is 7.04. The highest BCUT2D eigenvalue weighted by atomic mass is 79.9. The molecule has 3 amide bonds. The van der Waals surface area contributed by atoms with Gasteiger partial charge in [-0.2, -0.15) is 0 Å². The van der Waals surface area contributed by atoms with E-state index in [9.17, 15) is 14.4 Å². The number of nitrogens with one attached hydrogen (secondary N) is 2. The number of carbonyl (C=O) groups is 3. The summed E-state index contributed by atoms with van der Waals surface area (Å²) in [5, 5.41) is 5.53. The van der Waals surface area contributed by atoms with Crippen LogP contribution in [0.2, 0.25) is 0 Å². The van der Waals surface area contributed by atoms with Crippen LogP contribution in [-0.4, -0.2) is 48.8 Å². The lowest BCUT2D eigenvalue weighted by Crippen LogP contribution is -2.33. The van der Waals surface area contributed by atoms with Crippen LogP contribution in [0.1, 0.15) is 36.0 Å². The molecule has 7 heteroatoms. The zero-order valence-corrected chi connectivity index (χ0v) is 15.1. The monoisotopic (exact) mass is 395 g/mol. The molecule has 0 radical (unpaired) electrons. The van der Waals surface area contributed by atoms with Crippen LogP contribution in [0.5, 0.6) is 0 Å². The quantitative estimate of drug-likeness (QED) is 0.657. The van der Waals surface area contributed by atoms with Gasteiger partial charge in [0.05, 0.1) is 0 Å². The molecule has 0 saturated carbocycles. The number of likely N-dealkylation sites (tertiary alicyclic amines) is 1. The van der Waals surface area contributed by atoms with Gasteiger partial charge < -0.3 is 15.5 Å². The molecule has 0 aromatic heterocycles. The van der Waals surface area contributed by atoms with Crippen molar-refractivity contribution >= 4 is 33.7 Å². The van der Waals surface area contributed by atoms with Crippen LogP contribution >= 0.6 is 15.9 Å². The van der Waals surface area contributed by atoms with Crippen molar-refractivity contribution in [2.24, 2.45) is 0 Å². The summed E-state index contributed by atoms with van der Waals surface area (Å²) in [6.07, 6.45) is 2.57. The highest BCUT2D eigenvalue weighted by molar-refractivity contribution is 9.10. The Morgan fingerprint density at radius 1 is 1.12 bits per heavy atom. The number of hydrogen-bond donors (Lipinski definition) is 2. The van der Waals surface area contributed by atoms with Crippen LogP contribution in [0.3, 0.4) is 0 Å². The second-order valence-corrected chi connectivity index (χ2v) is 6.62. The highest BCUT2D eigenvalue weighted by Gasteiger charge is 2.18. The molecule has 24 heavy (non-hydrogen) atoms. The fourth-order valence-electron chi connectivity index (χ4n) is 2.52. The molecule has 0 bridgehead atoms. The van der Waals surface area contributed by atoms with E-state index in [4.69, 9.17) is 0 Å². The van der Waals surface area contributed by atoms with Gasteiger partial charge in [-0.3, -0.25) is 14.4 Å². The lowest BCUT2D eigenvalue weighted by molar-refractivity contribution is -0.127. The van der Waals surface area contributed by atoms with E-state index in [0.29, 0.717) is 31.6 Å². The summed E-state index contributed by atoms with van der Waals surface area (Å²) < 4.78 is 0.911. The minimum atomic E-state index is -0.192. The van der Waals surface area contributed by atoms with Gasteiger partial charge in [0.25, 0.3) is 5.91 Å². The Labute approximate surface area is 150 Å². The molecule has 130 valence electrons. The molecule has 6 nitrogen and oxygen atoms in total. The second kappa shape index (κ2) is 9.42. The number of amides is 3. The van der Waals surface area contributed by atoms with Gasteiger partial charge in [0.2, 0.25) is 11.8 Å². The third kappa shape index (κ3) is 5.96. The first-order valence-corrected chi connectivity index (χ1v) is 8.94. The Balaban J connectivity index is 1.55. The number of rotatable bonds is 8. The van der Waals surface area contributed by atoms with E-state index in [1.807, 2.05) is 4.90 Å². The van der Waals surface area contributed by atoms with E-state index in [0.717, 1.165) is 23.9 Å². The Bertz CT molecular complexity index is 589. The topological polar surface area (TPSA) is 78.5 Å². The maximum absolute atomic E-state index is 11.9. The van der Waals surface area contributed by atoms with Crippen LogP contribution in [0, 0.1) is 0 Å². The first-order valence-electron chi connectivity index (χ1n) is 8.14. The van der Waals surface area contributed by atoms with Crippen molar-refractivity contribution in [1.82, 2.24) is 15.5 Å². The Kier molecular flexibility index (Phi) is 7.24. The summed E-state index contributed by atoms with van der Waals surface area (Å²) in [4.78, 5) is 36.9. The van der Waals surface area contributed by atoms with E-state index < -0.39 is 0 Å². The third-order valence-electron chi connectivity index (χ3n) is 3.84. The molecule has 1 heterocycles. The molecule has 0 atom stereocenters. The average molecular weight is 396 g/mol. The summed E-state index contributed by atoms with van der Waals surface area (Å²) >= 11 is 3.31.